The highest BCUT2D eigenvalue weighted by Crippen LogP contribution is 2.28. The van der Waals surface area contributed by atoms with Gasteiger partial charge in [-0.15, -0.1) is 0 Å². The van der Waals surface area contributed by atoms with Gasteiger partial charge in [-0.2, -0.15) is 0 Å². The highest BCUT2D eigenvalue weighted by atomic mass is 16.5. The smallest absolute Gasteiger partial charge is 0.240 e. The summed E-state index contributed by atoms with van der Waals surface area (Å²) in [5.74, 6) is 0.644. The molecule has 0 N–H and O–H groups in total. The summed E-state index contributed by atoms with van der Waals surface area (Å²) in [6.45, 7) is 8.56. The van der Waals surface area contributed by atoms with Crippen molar-refractivity contribution in [3.63, 3.8) is 0 Å². The van der Waals surface area contributed by atoms with Crippen molar-refractivity contribution >= 4 is 11.8 Å². The minimum Gasteiger partial charge on any atom is -0.381 e. The maximum atomic E-state index is 13.2. The Balaban J connectivity index is 1.15. The van der Waals surface area contributed by atoms with E-state index in [0.29, 0.717) is 23.9 Å². The SMILES string of the molecule is O=C1C(N2CCCN(C3CCN(C4CCOCC4)C3=O)CC2)CCN1C1CCOCC1. The van der Waals surface area contributed by atoms with Gasteiger partial charge < -0.3 is 19.3 Å². The van der Waals surface area contributed by atoms with Crippen LogP contribution in [0.25, 0.3) is 0 Å². The minimum absolute atomic E-state index is 0.0285. The maximum Gasteiger partial charge on any atom is 0.240 e. The van der Waals surface area contributed by atoms with Gasteiger partial charge in [0.2, 0.25) is 11.8 Å². The lowest BCUT2D eigenvalue weighted by Gasteiger charge is -2.33. The number of likely N-dealkylation sites (tertiary alicyclic amines) is 2. The van der Waals surface area contributed by atoms with E-state index in [9.17, 15) is 9.59 Å². The third-order valence-electron chi connectivity index (χ3n) is 8.13. The standard InChI is InChI=1S/C23H38N4O4/c28-22-20(2-10-26(22)18-4-14-30-15-5-18)24-8-1-9-25(13-12-24)21-3-11-27(23(21)29)19-6-16-31-17-7-19/h18-21H,1-17H2. The summed E-state index contributed by atoms with van der Waals surface area (Å²) >= 11 is 0. The Morgan fingerprint density at radius 3 is 1.39 bits per heavy atom. The van der Waals surface area contributed by atoms with Crippen molar-refractivity contribution < 1.29 is 19.1 Å². The molecule has 2 unspecified atom stereocenters. The van der Waals surface area contributed by atoms with E-state index in [0.717, 1.165) is 111 Å². The fourth-order valence-corrected chi connectivity index (χ4v) is 6.35. The molecule has 174 valence electrons. The van der Waals surface area contributed by atoms with Crippen LogP contribution in [0.3, 0.4) is 0 Å². The van der Waals surface area contributed by atoms with Crippen LogP contribution >= 0.6 is 0 Å². The zero-order valence-corrected chi connectivity index (χ0v) is 18.8. The molecular formula is C23H38N4O4. The summed E-state index contributed by atoms with van der Waals surface area (Å²) in [5.41, 5.74) is 0. The molecule has 5 aliphatic heterocycles. The van der Waals surface area contributed by atoms with E-state index in [2.05, 4.69) is 19.6 Å². The Morgan fingerprint density at radius 2 is 0.968 bits per heavy atom. The maximum absolute atomic E-state index is 13.2. The molecule has 8 heteroatoms. The first-order valence-electron chi connectivity index (χ1n) is 12.5. The van der Waals surface area contributed by atoms with E-state index in [1.807, 2.05) is 0 Å². The number of carbonyl (C=O) groups is 2. The summed E-state index contributed by atoms with van der Waals surface area (Å²) < 4.78 is 11.0. The Bertz CT molecular complexity index is 595. The molecule has 0 aromatic heterocycles. The fourth-order valence-electron chi connectivity index (χ4n) is 6.35. The molecule has 5 heterocycles. The molecule has 8 nitrogen and oxygen atoms in total. The largest absolute Gasteiger partial charge is 0.381 e. The van der Waals surface area contributed by atoms with Crippen molar-refractivity contribution in [3.05, 3.63) is 0 Å². The Labute approximate surface area is 185 Å². The summed E-state index contributed by atoms with van der Waals surface area (Å²) in [6.07, 6.45) is 6.80. The van der Waals surface area contributed by atoms with Gasteiger partial charge in [-0.3, -0.25) is 19.4 Å². The molecule has 5 aliphatic rings. The van der Waals surface area contributed by atoms with E-state index in [4.69, 9.17) is 9.47 Å². The molecule has 31 heavy (non-hydrogen) atoms. The minimum atomic E-state index is 0.0285. The van der Waals surface area contributed by atoms with Crippen LogP contribution in [0, 0.1) is 0 Å². The van der Waals surface area contributed by atoms with Crippen LogP contribution in [-0.2, 0) is 19.1 Å². The second-order valence-electron chi connectivity index (χ2n) is 9.78. The quantitative estimate of drug-likeness (QED) is 0.644. The predicted molar refractivity (Wildman–Crippen MR) is 116 cm³/mol. The van der Waals surface area contributed by atoms with Crippen molar-refractivity contribution in [2.45, 2.75) is 69.1 Å². The number of nitrogens with zero attached hydrogens (tertiary/aromatic N) is 4. The fraction of sp³-hybridized carbons (Fsp3) is 0.913. The van der Waals surface area contributed by atoms with Crippen LogP contribution < -0.4 is 0 Å². The monoisotopic (exact) mass is 434 g/mol. The highest BCUT2D eigenvalue weighted by molar-refractivity contribution is 5.85. The number of carbonyl (C=O) groups excluding carboxylic acids is 2. The molecule has 5 fully saturated rings. The van der Waals surface area contributed by atoms with E-state index in [-0.39, 0.29) is 12.1 Å². The third kappa shape index (κ3) is 4.49. The van der Waals surface area contributed by atoms with Crippen LogP contribution in [0.5, 0.6) is 0 Å². The second-order valence-corrected chi connectivity index (χ2v) is 9.78. The zero-order chi connectivity index (χ0) is 21.2. The van der Waals surface area contributed by atoms with Gasteiger partial charge in [0.15, 0.2) is 0 Å². The molecule has 2 atom stereocenters. The zero-order valence-electron chi connectivity index (χ0n) is 18.8. The van der Waals surface area contributed by atoms with Crippen LogP contribution in [0.4, 0.5) is 0 Å². The van der Waals surface area contributed by atoms with Gasteiger partial charge in [0.25, 0.3) is 0 Å². The molecule has 0 aromatic carbocycles. The molecular weight excluding hydrogens is 396 g/mol. The third-order valence-corrected chi connectivity index (χ3v) is 8.13. The average molecular weight is 435 g/mol. The van der Waals surface area contributed by atoms with Gasteiger partial charge in [-0.05, 0) is 44.9 Å². The highest BCUT2D eigenvalue weighted by Gasteiger charge is 2.42. The molecule has 2 amide bonds. The first kappa shape index (κ1) is 21.6. The van der Waals surface area contributed by atoms with Crippen molar-refractivity contribution in [3.8, 4) is 0 Å². The predicted octanol–water partition coefficient (Wildman–Crippen LogP) is 0.554. The molecule has 0 aliphatic carbocycles. The summed E-state index contributed by atoms with van der Waals surface area (Å²) in [4.78, 5) is 35.4. The average Bonchev–Trinajstić information content (AvgIpc) is 3.29. The summed E-state index contributed by atoms with van der Waals surface area (Å²) in [7, 11) is 0. The van der Waals surface area contributed by atoms with Crippen LogP contribution in [0.1, 0.15) is 44.9 Å². The lowest BCUT2D eigenvalue weighted by Crippen LogP contribution is -2.48. The van der Waals surface area contributed by atoms with Crippen molar-refractivity contribution in [2.75, 3.05) is 65.7 Å². The van der Waals surface area contributed by atoms with Crippen molar-refractivity contribution in [1.82, 2.24) is 19.6 Å². The van der Waals surface area contributed by atoms with Gasteiger partial charge in [0.05, 0.1) is 12.1 Å². The van der Waals surface area contributed by atoms with Crippen LogP contribution in [-0.4, -0.2) is 121 Å². The normalized spacial score (nSPS) is 33.4. The lowest BCUT2D eigenvalue weighted by atomic mass is 10.1. The molecule has 0 saturated carbocycles. The topological polar surface area (TPSA) is 65.6 Å². The Morgan fingerprint density at radius 1 is 0.548 bits per heavy atom. The molecule has 0 bridgehead atoms. The lowest BCUT2D eigenvalue weighted by molar-refractivity contribution is -0.137. The van der Waals surface area contributed by atoms with Gasteiger partial charge >= 0.3 is 0 Å². The number of hydrogen-bond donors (Lipinski definition) is 0. The number of amides is 2. The summed E-state index contributed by atoms with van der Waals surface area (Å²) in [5, 5.41) is 0. The molecule has 0 radical (unpaired) electrons. The number of ether oxygens (including phenoxy) is 2. The van der Waals surface area contributed by atoms with Gasteiger partial charge in [0, 0.05) is 77.8 Å². The second kappa shape index (κ2) is 9.73. The van der Waals surface area contributed by atoms with Crippen molar-refractivity contribution in [2.24, 2.45) is 0 Å². The molecule has 5 saturated heterocycles. The van der Waals surface area contributed by atoms with E-state index in [1.165, 1.54) is 0 Å². The first-order valence-corrected chi connectivity index (χ1v) is 12.5. The van der Waals surface area contributed by atoms with E-state index in [1.54, 1.807) is 0 Å². The van der Waals surface area contributed by atoms with Crippen LogP contribution in [0.2, 0.25) is 0 Å². The van der Waals surface area contributed by atoms with Crippen molar-refractivity contribution in [1.29, 1.82) is 0 Å². The van der Waals surface area contributed by atoms with Gasteiger partial charge in [-0.25, -0.2) is 0 Å². The van der Waals surface area contributed by atoms with E-state index >= 15 is 0 Å². The summed E-state index contributed by atoms with van der Waals surface area (Å²) in [6, 6.07) is 0.783. The van der Waals surface area contributed by atoms with Crippen LogP contribution in [0.15, 0.2) is 0 Å². The Kier molecular flexibility index (Phi) is 6.78. The molecule has 5 rings (SSSR count). The van der Waals surface area contributed by atoms with Gasteiger partial charge in [-0.1, -0.05) is 0 Å². The van der Waals surface area contributed by atoms with E-state index < -0.39 is 0 Å². The molecule has 0 spiro atoms. The Hall–Kier alpha value is -1.22. The van der Waals surface area contributed by atoms with Gasteiger partial charge in [0.1, 0.15) is 0 Å². The number of rotatable bonds is 4. The first-order chi connectivity index (χ1) is 15.2. The molecule has 0 aromatic rings. The number of hydrogen-bond acceptors (Lipinski definition) is 6.